The quantitative estimate of drug-likeness (QED) is 0.724. The van der Waals surface area contributed by atoms with Crippen LogP contribution in [0.5, 0.6) is 0 Å². The predicted octanol–water partition coefficient (Wildman–Crippen LogP) is 1.70. The fourth-order valence-corrected chi connectivity index (χ4v) is 4.04. The summed E-state index contributed by atoms with van der Waals surface area (Å²) < 4.78 is 25.8. The van der Waals surface area contributed by atoms with Crippen LogP contribution in [0.15, 0.2) is 33.9 Å². The first-order valence-corrected chi connectivity index (χ1v) is 6.63. The highest BCUT2D eigenvalue weighted by molar-refractivity contribution is 7.91. The van der Waals surface area contributed by atoms with E-state index in [0.29, 0.717) is 17.3 Å². The van der Waals surface area contributed by atoms with Gasteiger partial charge in [-0.1, -0.05) is 18.2 Å². The average molecular weight is 229 g/mol. The van der Waals surface area contributed by atoms with Gasteiger partial charge in [0.15, 0.2) is 0 Å². The molecule has 0 radical (unpaired) electrons. The molecule has 1 aliphatic heterocycles. The van der Waals surface area contributed by atoms with Gasteiger partial charge in [-0.25, -0.2) is 8.42 Å². The molecule has 0 N–H and O–H groups in total. The van der Waals surface area contributed by atoms with Crippen LogP contribution in [0.2, 0.25) is 0 Å². The Bertz CT molecular complexity index is 433. The Kier molecular flexibility index (Phi) is 2.47. The van der Waals surface area contributed by atoms with Crippen LogP contribution in [-0.4, -0.2) is 25.8 Å². The van der Waals surface area contributed by atoms with Crippen molar-refractivity contribution in [2.45, 2.75) is 10.6 Å². The van der Waals surface area contributed by atoms with Crippen LogP contribution in [-0.2, 0) is 10.0 Å². The molecule has 1 aliphatic rings. The second kappa shape index (κ2) is 3.49. The van der Waals surface area contributed by atoms with Crippen LogP contribution in [0.4, 0.5) is 0 Å². The molecular formula is C9H11NO2S2. The molecule has 5 heteroatoms. The highest BCUT2D eigenvalue weighted by Gasteiger charge is 2.29. The van der Waals surface area contributed by atoms with Crippen LogP contribution >= 0.6 is 11.3 Å². The van der Waals surface area contributed by atoms with Crippen molar-refractivity contribution in [2.75, 3.05) is 13.1 Å². The van der Waals surface area contributed by atoms with Crippen molar-refractivity contribution in [1.82, 2.24) is 4.31 Å². The lowest BCUT2D eigenvalue weighted by atomic mass is 10.3. The van der Waals surface area contributed by atoms with Gasteiger partial charge in [0.2, 0.25) is 0 Å². The molecule has 1 aromatic rings. The highest BCUT2D eigenvalue weighted by Crippen LogP contribution is 2.25. The minimum atomic E-state index is -3.24. The van der Waals surface area contributed by atoms with Gasteiger partial charge in [0, 0.05) is 13.1 Å². The molecule has 0 spiro atoms. The van der Waals surface area contributed by atoms with E-state index >= 15 is 0 Å². The summed E-state index contributed by atoms with van der Waals surface area (Å²) in [6.07, 6.45) is 0.782. The fraction of sp³-hybridized carbons (Fsp3) is 0.333. The average Bonchev–Trinajstić information content (AvgIpc) is 2.72. The summed E-state index contributed by atoms with van der Waals surface area (Å²) in [7, 11) is -3.24. The molecule has 0 atom stereocenters. The maximum Gasteiger partial charge on any atom is 0.252 e. The molecule has 0 unspecified atom stereocenters. The third kappa shape index (κ3) is 1.63. The fourth-order valence-electron chi connectivity index (χ4n) is 1.43. The van der Waals surface area contributed by atoms with Crippen molar-refractivity contribution < 1.29 is 8.42 Å². The van der Waals surface area contributed by atoms with Gasteiger partial charge in [-0.2, -0.15) is 4.31 Å². The van der Waals surface area contributed by atoms with E-state index in [-0.39, 0.29) is 0 Å². The van der Waals surface area contributed by atoms with E-state index in [0.717, 1.165) is 12.0 Å². The smallest absolute Gasteiger partial charge is 0.206 e. The molecule has 1 saturated heterocycles. The summed E-state index contributed by atoms with van der Waals surface area (Å²) in [5, 5.41) is 1.78. The largest absolute Gasteiger partial charge is 0.252 e. The van der Waals surface area contributed by atoms with E-state index < -0.39 is 10.0 Å². The predicted molar refractivity (Wildman–Crippen MR) is 56.8 cm³/mol. The minimum absolute atomic E-state index is 0.423. The van der Waals surface area contributed by atoms with Gasteiger partial charge in [-0.05, 0) is 17.9 Å². The van der Waals surface area contributed by atoms with Gasteiger partial charge in [0.1, 0.15) is 4.21 Å². The number of sulfonamides is 1. The monoisotopic (exact) mass is 229 g/mol. The van der Waals surface area contributed by atoms with Gasteiger partial charge in [0.25, 0.3) is 10.0 Å². The molecule has 0 saturated carbocycles. The zero-order chi connectivity index (χ0) is 10.2. The van der Waals surface area contributed by atoms with Gasteiger partial charge in [-0.15, -0.1) is 11.3 Å². The Labute approximate surface area is 87.7 Å². The Hall–Kier alpha value is -0.650. The molecule has 1 fully saturated rings. The van der Waals surface area contributed by atoms with E-state index in [2.05, 4.69) is 6.58 Å². The standard InChI is InChI=1S/C9H11NO2S2/c1-8-4-5-10(7-8)14(11,12)9-3-2-6-13-9/h2-3,6H,1,4-5,7H2. The molecule has 0 amide bonds. The Balaban J connectivity index is 2.30. The maximum absolute atomic E-state index is 11.9. The molecule has 0 aromatic carbocycles. The minimum Gasteiger partial charge on any atom is -0.206 e. The summed E-state index contributed by atoms with van der Waals surface area (Å²) in [6, 6.07) is 3.39. The molecule has 76 valence electrons. The first kappa shape index (κ1) is 9.89. The van der Waals surface area contributed by atoms with Gasteiger partial charge < -0.3 is 0 Å². The SMILES string of the molecule is C=C1CCN(S(=O)(=O)c2cccs2)C1. The third-order valence-electron chi connectivity index (χ3n) is 2.20. The van der Waals surface area contributed by atoms with E-state index in [1.807, 2.05) is 0 Å². The molecular weight excluding hydrogens is 218 g/mol. The zero-order valence-corrected chi connectivity index (χ0v) is 9.27. The normalized spacial score (nSPS) is 19.0. The summed E-state index contributed by atoms with van der Waals surface area (Å²) in [4.78, 5) is 0. The van der Waals surface area contributed by atoms with Crippen LogP contribution < -0.4 is 0 Å². The second-order valence-electron chi connectivity index (χ2n) is 3.27. The number of hydrogen-bond acceptors (Lipinski definition) is 3. The van der Waals surface area contributed by atoms with Crippen molar-refractivity contribution in [3.8, 4) is 0 Å². The lowest BCUT2D eigenvalue weighted by Gasteiger charge is -2.13. The number of hydrogen-bond donors (Lipinski definition) is 0. The van der Waals surface area contributed by atoms with Crippen molar-refractivity contribution in [1.29, 1.82) is 0 Å². The zero-order valence-electron chi connectivity index (χ0n) is 7.64. The van der Waals surface area contributed by atoms with Gasteiger partial charge in [-0.3, -0.25) is 0 Å². The number of nitrogens with zero attached hydrogens (tertiary/aromatic N) is 1. The van der Waals surface area contributed by atoms with E-state index in [9.17, 15) is 8.42 Å². The van der Waals surface area contributed by atoms with Crippen LogP contribution in [0.25, 0.3) is 0 Å². The lowest BCUT2D eigenvalue weighted by Crippen LogP contribution is -2.27. The Morgan fingerprint density at radius 2 is 2.29 bits per heavy atom. The molecule has 2 heterocycles. The van der Waals surface area contributed by atoms with Crippen LogP contribution in [0.1, 0.15) is 6.42 Å². The first-order chi connectivity index (χ1) is 6.60. The van der Waals surface area contributed by atoms with Crippen molar-refractivity contribution in [3.05, 3.63) is 29.7 Å². The summed E-state index contributed by atoms with van der Waals surface area (Å²) in [5.41, 5.74) is 0.991. The number of rotatable bonds is 2. The lowest BCUT2D eigenvalue weighted by molar-refractivity contribution is 0.483. The Morgan fingerprint density at radius 1 is 1.50 bits per heavy atom. The second-order valence-corrected chi connectivity index (χ2v) is 6.38. The number of thiophene rings is 1. The van der Waals surface area contributed by atoms with Crippen molar-refractivity contribution in [2.24, 2.45) is 0 Å². The highest BCUT2D eigenvalue weighted by atomic mass is 32.2. The summed E-state index contributed by atoms with van der Waals surface area (Å²) in [6.45, 7) is 4.84. The van der Waals surface area contributed by atoms with Crippen LogP contribution in [0.3, 0.4) is 0 Å². The van der Waals surface area contributed by atoms with E-state index in [1.54, 1.807) is 17.5 Å². The van der Waals surface area contributed by atoms with Crippen molar-refractivity contribution >= 4 is 21.4 Å². The molecule has 3 nitrogen and oxygen atoms in total. The molecule has 0 bridgehead atoms. The molecule has 1 aromatic heterocycles. The Morgan fingerprint density at radius 3 is 2.79 bits per heavy atom. The summed E-state index contributed by atoms with van der Waals surface area (Å²) in [5.74, 6) is 0. The van der Waals surface area contributed by atoms with E-state index in [4.69, 9.17) is 0 Å². The molecule has 0 aliphatic carbocycles. The van der Waals surface area contributed by atoms with Crippen molar-refractivity contribution in [3.63, 3.8) is 0 Å². The maximum atomic E-state index is 11.9. The molecule has 2 rings (SSSR count). The van der Waals surface area contributed by atoms with E-state index in [1.165, 1.54) is 15.6 Å². The van der Waals surface area contributed by atoms with Gasteiger partial charge >= 0.3 is 0 Å². The summed E-state index contributed by atoms with van der Waals surface area (Å²) >= 11 is 1.26. The topological polar surface area (TPSA) is 37.4 Å². The first-order valence-electron chi connectivity index (χ1n) is 4.31. The molecule has 14 heavy (non-hydrogen) atoms. The van der Waals surface area contributed by atoms with Gasteiger partial charge in [0.05, 0.1) is 0 Å². The van der Waals surface area contributed by atoms with Crippen LogP contribution in [0, 0.1) is 0 Å². The third-order valence-corrected chi connectivity index (χ3v) is 5.42.